The van der Waals surface area contributed by atoms with Crippen molar-refractivity contribution in [3.8, 4) is 0 Å². The van der Waals surface area contributed by atoms with Gasteiger partial charge in [0.15, 0.2) is 0 Å². The molecule has 0 aliphatic heterocycles. The van der Waals surface area contributed by atoms with Gasteiger partial charge in [0.1, 0.15) is 5.69 Å². The Labute approximate surface area is 183 Å². The van der Waals surface area contributed by atoms with Crippen LogP contribution in [0.4, 0.5) is 30.2 Å². The first-order chi connectivity index (χ1) is 12.9. The van der Waals surface area contributed by atoms with E-state index < -0.39 is 28.4 Å². The summed E-state index contributed by atoms with van der Waals surface area (Å²) < 4.78 is 37.2. The lowest BCUT2D eigenvalue weighted by molar-refractivity contribution is -0.384. The highest BCUT2D eigenvalue weighted by Gasteiger charge is 2.39. The van der Waals surface area contributed by atoms with E-state index in [4.69, 9.17) is 28.9 Å². The third kappa shape index (κ3) is 7.12. The van der Waals surface area contributed by atoms with Crippen LogP contribution in [-0.2, 0) is 10.7 Å². The average molecular weight is 568 g/mol. The van der Waals surface area contributed by atoms with Gasteiger partial charge in [-0.15, -0.1) is 11.6 Å². The molecule has 13 heteroatoms. The van der Waals surface area contributed by atoms with Crippen LogP contribution in [-0.4, -0.2) is 17.0 Å². The minimum absolute atomic E-state index is 0.0712. The van der Waals surface area contributed by atoms with Crippen LogP contribution in [0.15, 0.2) is 39.3 Å². The van der Waals surface area contributed by atoms with Gasteiger partial charge in [-0.05, 0) is 45.8 Å². The molecule has 2 rings (SSSR count). The Morgan fingerprint density at radius 1 is 1.21 bits per heavy atom. The van der Waals surface area contributed by atoms with Crippen molar-refractivity contribution in [3.63, 3.8) is 0 Å². The molecule has 6 nitrogen and oxygen atoms in total. The third-order valence-electron chi connectivity index (χ3n) is 2.95. The number of hydrogen-bond donors (Lipinski definition) is 2. The second kappa shape index (κ2) is 10.3. The van der Waals surface area contributed by atoms with Crippen LogP contribution in [0.3, 0.4) is 0 Å². The summed E-state index contributed by atoms with van der Waals surface area (Å²) in [7, 11) is 0. The lowest BCUT2D eigenvalue weighted by atomic mass is 10.2. The Morgan fingerprint density at radius 2 is 1.82 bits per heavy atom. The molecule has 0 unspecified atom stereocenters. The number of amides is 1. The van der Waals surface area contributed by atoms with Gasteiger partial charge in [0.05, 0.1) is 9.95 Å². The molecule has 152 valence electrons. The van der Waals surface area contributed by atoms with E-state index in [-0.39, 0.29) is 9.50 Å². The number of carbonyl (C=O) groups is 1. The molecule has 28 heavy (non-hydrogen) atoms. The number of hydrogen-bond acceptors (Lipinski definition) is 4. The van der Waals surface area contributed by atoms with Gasteiger partial charge < -0.3 is 11.1 Å². The molecule has 2 aromatic rings. The van der Waals surface area contributed by atoms with Gasteiger partial charge in [-0.25, -0.2) is 0 Å². The molecule has 0 saturated heterocycles. The number of rotatable bonds is 3. The summed E-state index contributed by atoms with van der Waals surface area (Å²) in [5.74, 6) is -1.82. The van der Waals surface area contributed by atoms with E-state index in [1.54, 1.807) is 0 Å². The van der Waals surface area contributed by atoms with Crippen molar-refractivity contribution in [2.75, 3.05) is 11.1 Å². The zero-order valence-corrected chi connectivity index (χ0v) is 18.2. The van der Waals surface area contributed by atoms with E-state index in [0.717, 1.165) is 27.9 Å². The van der Waals surface area contributed by atoms with Crippen molar-refractivity contribution in [2.24, 2.45) is 0 Å². The van der Waals surface area contributed by atoms with Gasteiger partial charge in [-0.3, -0.25) is 14.9 Å². The number of nitrogen functional groups attached to an aromatic ring is 1. The second-order valence-electron chi connectivity index (χ2n) is 4.98. The van der Waals surface area contributed by atoms with Crippen LogP contribution in [0.25, 0.3) is 0 Å². The van der Waals surface area contributed by atoms with Gasteiger partial charge in [0.25, 0.3) is 5.69 Å². The minimum Gasteiger partial charge on any atom is -0.399 e. The fourth-order valence-electron chi connectivity index (χ4n) is 1.68. The first kappa shape index (κ1) is 24.5. The van der Waals surface area contributed by atoms with Crippen molar-refractivity contribution >= 4 is 78.0 Å². The van der Waals surface area contributed by atoms with Gasteiger partial charge >= 0.3 is 12.1 Å². The minimum atomic E-state index is -5.15. The Balaban J connectivity index is 0.000000330. The number of carbonyl (C=O) groups excluding carboxylic acids is 1. The van der Waals surface area contributed by atoms with Crippen LogP contribution in [0.2, 0.25) is 5.02 Å². The fourth-order valence-corrected chi connectivity index (χ4v) is 2.94. The molecule has 0 atom stereocenters. The maximum atomic E-state index is 12.0. The SMILES string of the molecule is Nc1ccc(Br)c(CCl)c1.O=C(Nc1cc(Cl)c(Br)cc1[N+](=O)[O-])C(F)(F)F. The highest BCUT2D eigenvalue weighted by Crippen LogP contribution is 2.35. The number of nitrogens with one attached hydrogen (secondary N) is 1. The van der Waals surface area contributed by atoms with Crippen molar-refractivity contribution in [1.82, 2.24) is 0 Å². The van der Waals surface area contributed by atoms with Crippen LogP contribution in [0.5, 0.6) is 0 Å². The molecule has 0 heterocycles. The van der Waals surface area contributed by atoms with E-state index in [0.29, 0.717) is 5.88 Å². The first-order valence-corrected chi connectivity index (χ1v) is 9.48. The van der Waals surface area contributed by atoms with Crippen LogP contribution in [0, 0.1) is 10.1 Å². The number of anilines is 2. The lowest BCUT2D eigenvalue weighted by Crippen LogP contribution is -2.30. The summed E-state index contributed by atoms with van der Waals surface area (Å²) in [5.41, 5.74) is 5.97. The molecule has 0 bridgehead atoms. The van der Waals surface area contributed by atoms with Gasteiger partial charge in [0.2, 0.25) is 0 Å². The van der Waals surface area contributed by atoms with Crippen LogP contribution >= 0.6 is 55.1 Å². The molecule has 0 saturated carbocycles. The molecule has 2 aromatic carbocycles. The lowest BCUT2D eigenvalue weighted by Gasteiger charge is -2.09. The van der Waals surface area contributed by atoms with Crippen molar-refractivity contribution in [2.45, 2.75) is 12.1 Å². The molecule has 0 radical (unpaired) electrons. The van der Waals surface area contributed by atoms with Gasteiger partial charge in [-0.2, -0.15) is 13.2 Å². The Bertz CT molecular complexity index is 899. The van der Waals surface area contributed by atoms with Crippen LogP contribution in [0.1, 0.15) is 5.56 Å². The van der Waals surface area contributed by atoms with Crippen molar-refractivity contribution in [3.05, 3.63) is 60.0 Å². The number of nitro groups is 1. The second-order valence-corrected chi connectivity index (χ2v) is 7.36. The topological polar surface area (TPSA) is 98.3 Å². The molecule has 0 aliphatic carbocycles. The van der Waals surface area contributed by atoms with E-state index in [1.165, 1.54) is 5.32 Å². The number of alkyl halides is 4. The molecule has 0 fully saturated rings. The zero-order chi connectivity index (χ0) is 21.6. The van der Waals surface area contributed by atoms with Crippen molar-refractivity contribution < 1.29 is 22.9 Å². The van der Waals surface area contributed by atoms with E-state index in [2.05, 4.69) is 31.9 Å². The average Bonchev–Trinajstić information content (AvgIpc) is 2.59. The number of nitrogens with zero attached hydrogens (tertiary/aromatic N) is 1. The predicted molar refractivity (Wildman–Crippen MR) is 109 cm³/mol. The highest BCUT2D eigenvalue weighted by molar-refractivity contribution is 9.10. The Kier molecular flexibility index (Phi) is 8.99. The maximum Gasteiger partial charge on any atom is 0.471 e. The molecular formula is C15H10Br2Cl2F3N3O3. The maximum absolute atomic E-state index is 12.0. The summed E-state index contributed by atoms with van der Waals surface area (Å²) >= 11 is 17.4. The van der Waals surface area contributed by atoms with E-state index >= 15 is 0 Å². The Hall–Kier alpha value is -1.56. The summed E-state index contributed by atoms with van der Waals surface area (Å²) in [4.78, 5) is 20.4. The summed E-state index contributed by atoms with van der Waals surface area (Å²) in [5, 5.41) is 11.9. The summed E-state index contributed by atoms with van der Waals surface area (Å²) in [6, 6.07) is 7.34. The van der Waals surface area contributed by atoms with Crippen LogP contribution < -0.4 is 11.1 Å². The standard InChI is InChI=1S/C8H3BrClF3N2O3.C7H7BrClN/c9-3-1-6(15(17)18)5(2-4(3)10)14-7(16)8(11,12)13;8-7-2-1-6(10)3-5(7)4-9/h1-2H,(H,14,16);1-3H,4,10H2. The fraction of sp³-hybridized carbons (Fsp3) is 0.133. The van der Waals surface area contributed by atoms with Gasteiger partial charge in [0, 0.05) is 26.6 Å². The predicted octanol–water partition coefficient (Wildman–Crippen LogP) is 6.28. The van der Waals surface area contributed by atoms with Crippen molar-refractivity contribution in [1.29, 1.82) is 0 Å². The Morgan fingerprint density at radius 3 is 2.29 bits per heavy atom. The summed E-state index contributed by atoms with van der Waals surface area (Å²) in [6.45, 7) is 0. The molecule has 3 N–H and O–H groups in total. The molecule has 0 spiro atoms. The van der Waals surface area contributed by atoms with E-state index in [9.17, 15) is 28.1 Å². The quantitative estimate of drug-likeness (QED) is 0.197. The molecule has 1 amide bonds. The molecule has 0 aliphatic rings. The zero-order valence-electron chi connectivity index (χ0n) is 13.5. The monoisotopic (exact) mass is 565 g/mol. The summed E-state index contributed by atoms with van der Waals surface area (Å²) in [6.07, 6.45) is -5.15. The smallest absolute Gasteiger partial charge is 0.399 e. The largest absolute Gasteiger partial charge is 0.471 e. The first-order valence-electron chi connectivity index (χ1n) is 6.98. The molecular weight excluding hydrogens is 558 g/mol. The van der Waals surface area contributed by atoms with Gasteiger partial charge in [-0.1, -0.05) is 27.5 Å². The highest BCUT2D eigenvalue weighted by atomic mass is 79.9. The number of nitro benzene ring substituents is 1. The number of halogens is 7. The molecule has 0 aromatic heterocycles. The third-order valence-corrected chi connectivity index (χ3v) is 5.21. The number of benzene rings is 2. The van der Waals surface area contributed by atoms with E-state index in [1.807, 2.05) is 18.2 Å². The number of nitrogens with two attached hydrogens (primary N) is 1. The normalized spacial score (nSPS) is 10.7.